The molecule has 4 amide bonds. The maximum absolute atomic E-state index is 11.8. The molecule has 9 nitrogen and oxygen atoms in total. The van der Waals surface area contributed by atoms with Crippen molar-refractivity contribution in [3.05, 3.63) is 0 Å². The van der Waals surface area contributed by atoms with Gasteiger partial charge in [0, 0.05) is 39.3 Å². The van der Waals surface area contributed by atoms with Crippen molar-refractivity contribution >= 4 is 23.6 Å². The summed E-state index contributed by atoms with van der Waals surface area (Å²) in [7, 11) is 0. The minimum Gasteiger partial charge on any atom is -0.378 e. The Bertz CT molecular complexity index is 434. The van der Waals surface area contributed by atoms with Crippen LogP contribution in [0.1, 0.15) is 40.5 Å². The van der Waals surface area contributed by atoms with Gasteiger partial charge in [0.1, 0.15) is 12.8 Å². The van der Waals surface area contributed by atoms with E-state index in [9.17, 15) is 19.2 Å². The van der Waals surface area contributed by atoms with Gasteiger partial charge >= 0.3 is 0 Å². The molecule has 0 saturated carbocycles. The highest BCUT2D eigenvalue weighted by Crippen LogP contribution is 1.94. The van der Waals surface area contributed by atoms with E-state index < -0.39 is 0 Å². The topological polar surface area (TPSA) is 108 Å². The molecule has 27 heavy (non-hydrogen) atoms. The quantitative estimate of drug-likeness (QED) is 0.316. The van der Waals surface area contributed by atoms with E-state index in [1.807, 2.05) is 27.7 Å². The van der Waals surface area contributed by atoms with Crippen LogP contribution in [0.3, 0.4) is 0 Å². The van der Waals surface area contributed by atoms with Gasteiger partial charge in [-0.05, 0) is 27.7 Å². The summed E-state index contributed by atoms with van der Waals surface area (Å²) in [6.07, 6.45) is -0.337. The lowest BCUT2D eigenvalue weighted by molar-refractivity contribution is -0.137. The summed E-state index contributed by atoms with van der Waals surface area (Å²) in [6.45, 7) is 10.9. The molecule has 0 atom stereocenters. The molecule has 9 heteroatoms. The van der Waals surface area contributed by atoms with Crippen molar-refractivity contribution in [1.29, 1.82) is 0 Å². The molecule has 0 unspecified atom stereocenters. The summed E-state index contributed by atoms with van der Waals surface area (Å²) >= 11 is 0. The van der Waals surface area contributed by atoms with E-state index in [2.05, 4.69) is 10.6 Å². The number of amides is 4. The maximum atomic E-state index is 11.8. The number of nitrogens with zero attached hydrogens (tertiary/aromatic N) is 2. The van der Waals surface area contributed by atoms with Crippen molar-refractivity contribution in [2.45, 2.75) is 40.5 Å². The number of rotatable bonds is 14. The molecule has 0 fully saturated rings. The second-order valence-corrected chi connectivity index (χ2v) is 5.80. The highest BCUT2D eigenvalue weighted by Gasteiger charge is 2.15. The molecular weight excluding hydrogens is 352 g/mol. The van der Waals surface area contributed by atoms with Gasteiger partial charge in [0.2, 0.25) is 23.6 Å². The van der Waals surface area contributed by atoms with Gasteiger partial charge in [-0.3, -0.25) is 19.2 Å². The fourth-order valence-corrected chi connectivity index (χ4v) is 2.40. The van der Waals surface area contributed by atoms with Crippen LogP contribution in [0.5, 0.6) is 0 Å². The molecule has 0 aliphatic heterocycles. The van der Waals surface area contributed by atoms with E-state index in [-0.39, 0.29) is 49.7 Å². The van der Waals surface area contributed by atoms with Crippen LogP contribution in [-0.4, -0.2) is 85.9 Å². The predicted molar refractivity (Wildman–Crippen MR) is 102 cm³/mol. The normalized spacial score (nSPS) is 10.2. The fourth-order valence-electron chi connectivity index (χ4n) is 2.40. The Morgan fingerprint density at radius 2 is 1.00 bits per heavy atom. The number of nitrogens with one attached hydrogen (secondary N) is 2. The first-order chi connectivity index (χ1) is 12.9. The first-order valence-corrected chi connectivity index (χ1v) is 9.56. The highest BCUT2D eigenvalue weighted by molar-refractivity contribution is 5.97. The molecule has 0 spiro atoms. The van der Waals surface area contributed by atoms with E-state index in [0.29, 0.717) is 39.3 Å². The molecule has 156 valence electrons. The molecule has 0 aromatic heterocycles. The third-order valence-electron chi connectivity index (χ3n) is 3.99. The lowest BCUT2D eigenvalue weighted by Crippen LogP contribution is -2.37. The number of hydrogen-bond acceptors (Lipinski definition) is 5. The number of hydrogen-bond donors (Lipinski definition) is 2. The van der Waals surface area contributed by atoms with Gasteiger partial charge in [-0.1, -0.05) is 0 Å². The molecule has 0 aromatic rings. The van der Waals surface area contributed by atoms with Crippen molar-refractivity contribution in [1.82, 2.24) is 20.4 Å². The van der Waals surface area contributed by atoms with Crippen LogP contribution in [0, 0.1) is 0 Å². The molecule has 2 N–H and O–H groups in total. The largest absolute Gasteiger partial charge is 0.378 e. The predicted octanol–water partition coefficient (Wildman–Crippen LogP) is -0.248. The molecule has 0 radical (unpaired) electrons. The van der Waals surface area contributed by atoms with Gasteiger partial charge in [-0.25, -0.2) is 0 Å². The molecule has 0 aromatic carbocycles. The smallest absolute Gasteiger partial charge is 0.231 e. The second-order valence-electron chi connectivity index (χ2n) is 5.80. The zero-order valence-corrected chi connectivity index (χ0v) is 17.0. The molecule has 0 saturated heterocycles. The van der Waals surface area contributed by atoms with Crippen LogP contribution in [0.4, 0.5) is 0 Å². The first-order valence-electron chi connectivity index (χ1n) is 9.56. The van der Waals surface area contributed by atoms with Crippen LogP contribution in [0.25, 0.3) is 0 Å². The van der Waals surface area contributed by atoms with Gasteiger partial charge in [0.05, 0.1) is 13.2 Å². The van der Waals surface area contributed by atoms with E-state index in [1.54, 1.807) is 9.80 Å². The van der Waals surface area contributed by atoms with E-state index in [1.165, 1.54) is 0 Å². The van der Waals surface area contributed by atoms with Crippen LogP contribution < -0.4 is 10.6 Å². The molecule has 0 bridgehead atoms. The van der Waals surface area contributed by atoms with Gasteiger partial charge in [0.25, 0.3) is 0 Å². The molecule has 0 rings (SSSR count). The van der Waals surface area contributed by atoms with E-state index >= 15 is 0 Å². The Hall–Kier alpha value is -2.16. The van der Waals surface area contributed by atoms with Gasteiger partial charge in [-0.15, -0.1) is 0 Å². The van der Waals surface area contributed by atoms with Crippen LogP contribution >= 0.6 is 0 Å². The standard InChI is InChI=1S/C18H34N4O5/c1-5-21(6-2)17(25)13-15(23)19-9-11-27-12-10-20-16(24)14-18(26)22(7-3)8-4/h5-14H2,1-4H3,(H,19,23)(H,20,24). The van der Waals surface area contributed by atoms with Crippen molar-refractivity contribution in [3.63, 3.8) is 0 Å². The van der Waals surface area contributed by atoms with Crippen LogP contribution in [0.2, 0.25) is 0 Å². The SMILES string of the molecule is CCN(CC)C(=O)CC(=O)NCCOCCNC(=O)CC(=O)N(CC)CC. The Morgan fingerprint density at radius 3 is 1.30 bits per heavy atom. The molecule has 0 aliphatic carbocycles. The second kappa shape index (κ2) is 15.0. The van der Waals surface area contributed by atoms with Crippen molar-refractivity contribution in [2.75, 3.05) is 52.5 Å². The summed E-state index contributed by atoms with van der Waals surface area (Å²) in [5.74, 6) is -1.06. The number of carbonyl (C=O) groups is 4. The molecule has 0 aliphatic rings. The van der Waals surface area contributed by atoms with Gasteiger partial charge in [0.15, 0.2) is 0 Å². The van der Waals surface area contributed by atoms with E-state index in [4.69, 9.17) is 4.74 Å². The van der Waals surface area contributed by atoms with Gasteiger partial charge in [-0.2, -0.15) is 0 Å². The maximum Gasteiger partial charge on any atom is 0.231 e. The Morgan fingerprint density at radius 1 is 0.667 bits per heavy atom. The highest BCUT2D eigenvalue weighted by atomic mass is 16.5. The van der Waals surface area contributed by atoms with Crippen molar-refractivity contribution in [2.24, 2.45) is 0 Å². The number of ether oxygens (including phenoxy) is 1. The lowest BCUT2D eigenvalue weighted by atomic mass is 10.3. The lowest BCUT2D eigenvalue weighted by Gasteiger charge is -2.18. The third kappa shape index (κ3) is 11.2. The minimum atomic E-state index is -0.335. The van der Waals surface area contributed by atoms with Crippen LogP contribution in [-0.2, 0) is 23.9 Å². The molecule has 0 heterocycles. The monoisotopic (exact) mass is 386 g/mol. The molecular formula is C18H34N4O5. The Labute approximate surface area is 161 Å². The summed E-state index contributed by atoms with van der Waals surface area (Å²) in [4.78, 5) is 50.1. The first kappa shape index (κ1) is 24.8. The Balaban J connectivity index is 3.74. The number of carbonyl (C=O) groups excluding carboxylic acids is 4. The summed E-state index contributed by atoms with van der Waals surface area (Å²) < 4.78 is 5.30. The van der Waals surface area contributed by atoms with Crippen molar-refractivity contribution < 1.29 is 23.9 Å². The van der Waals surface area contributed by atoms with Crippen LogP contribution in [0.15, 0.2) is 0 Å². The van der Waals surface area contributed by atoms with Gasteiger partial charge < -0.3 is 25.2 Å². The third-order valence-corrected chi connectivity index (χ3v) is 3.99. The zero-order valence-electron chi connectivity index (χ0n) is 17.0. The zero-order chi connectivity index (χ0) is 20.7. The minimum absolute atomic E-state index is 0.168. The average molecular weight is 386 g/mol. The average Bonchev–Trinajstić information content (AvgIpc) is 2.62. The van der Waals surface area contributed by atoms with Crippen molar-refractivity contribution in [3.8, 4) is 0 Å². The van der Waals surface area contributed by atoms with E-state index in [0.717, 1.165) is 0 Å². The summed E-state index contributed by atoms with van der Waals surface area (Å²) in [5.41, 5.74) is 0. The summed E-state index contributed by atoms with van der Waals surface area (Å²) in [6, 6.07) is 0. The Kier molecular flexibility index (Phi) is 13.8. The fraction of sp³-hybridized carbons (Fsp3) is 0.778. The summed E-state index contributed by atoms with van der Waals surface area (Å²) in [5, 5.41) is 5.24.